The fraction of sp³-hybridized carbons (Fsp3) is 0.875. The van der Waals surface area contributed by atoms with Gasteiger partial charge in [0.2, 0.25) is 11.8 Å². The van der Waals surface area contributed by atoms with Crippen molar-refractivity contribution >= 4 is 11.8 Å². The number of nitrogens with one attached hydrogen (secondary N) is 1. The second kappa shape index (κ2) is 5.59. The fourth-order valence-corrected chi connectivity index (χ4v) is 3.81. The minimum Gasteiger partial charge on any atom is -0.381 e. The van der Waals surface area contributed by atoms with Crippen LogP contribution in [0.5, 0.6) is 0 Å². The van der Waals surface area contributed by atoms with Crippen molar-refractivity contribution in [3.63, 3.8) is 0 Å². The molecule has 1 saturated carbocycles. The van der Waals surface area contributed by atoms with Crippen LogP contribution in [0.3, 0.4) is 0 Å². The zero-order valence-corrected chi connectivity index (χ0v) is 13.1. The summed E-state index contributed by atoms with van der Waals surface area (Å²) in [7, 11) is 0. The number of rotatable bonds is 3. The van der Waals surface area contributed by atoms with Gasteiger partial charge in [0, 0.05) is 32.2 Å². The first-order valence-corrected chi connectivity index (χ1v) is 8.22. The minimum absolute atomic E-state index is 0.0134. The van der Waals surface area contributed by atoms with Gasteiger partial charge in [-0.3, -0.25) is 9.59 Å². The number of carbonyl (C=O) groups excluding carboxylic acids is 2. The van der Waals surface area contributed by atoms with Crippen LogP contribution in [-0.2, 0) is 14.3 Å². The van der Waals surface area contributed by atoms with E-state index in [1.165, 1.54) is 0 Å². The van der Waals surface area contributed by atoms with Gasteiger partial charge < -0.3 is 15.0 Å². The summed E-state index contributed by atoms with van der Waals surface area (Å²) in [6.07, 6.45) is 4.52. The standard InChI is InChI=1S/C16H26N2O3/c1-11(12-6-9-21-10-7-12)18-8-5-14(19)17-16(2,15(18)20)13-3-4-13/h11-13H,3-10H2,1-2H3,(H,17,19). The first kappa shape index (κ1) is 14.8. The highest BCUT2D eigenvalue weighted by Gasteiger charge is 2.52. The third-order valence-corrected chi connectivity index (χ3v) is 5.52. The molecule has 2 unspecified atom stereocenters. The summed E-state index contributed by atoms with van der Waals surface area (Å²) >= 11 is 0. The zero-order valence-electron chi connectivity index (χ0n) is 13.1. The van der Waals surface area contributed by atoms with E-state index in [2.05, 4.69) is 12.2 Å². The van der Waals surface area contributed by atoms with Gasteiger partial charge in [-0.15, -0.1) is 0 Å². The molecule has 1 N–H and O–H groups in total. The Kier molecular flexibility index (Phi) is 3.95. The highest BCUT2D eigenvalue weighted by Crippen LogP contribution is 2.42. The molecule has 0 aromatic heterocycles. The van der Waals surface area contributed by atoms with Crippen molar-refractivity contribution in [1.29, 1.82) is 0 Å². The first-order valence-electron chi connectivity index (χ1n) is 8.22. The van der Waals surface area contributed by atoms with E-state index in [4.69, 9.17) is 4.74 Å². The van der Waals surface area contributed by atoms with E-state index in [0.29, 0.717) is 24.8 Å². The van der Waals surface area contributed by atoms with Gasteiger partial charge in [-0.05, 0) is 51.4 Å². The molecule has 0 bridgehead atoms. The van der Waals surface area contributed by atoms with Gasteiger partial charge in [-0.1, -0.05) is 0 Å². The van der Waals surface area contributed by atoms with Crippen LogP contribution in [0.1, 0.15) is 46.0 Å². The van der Waals surface area contributed by atoms with Crippen LogP contribution < -0.4 is 5.32 Å². The van der Waals surface area contributed by atoms with Crippen molar-refractivity contribution in [3.8, 4) is 0 Å². The predicted octanol–water partition coefficient (Wildman–Crippen LogP) is 1.32. The molecule has 0 aromatic rings. The highest BCUT2D eigenvalue weighted by atomic mass is 16.5. The third-order valence-electron chi connectivity index (χ3n) is 5.52. The van der Waals surface area contributed by atoms with Gasteiger partial charge >= 0.3 is 0 Å². The molecule has 3 aliphatic rings. The zero-order chi connectivity index (χ0) is 15.0. The fourth-order valence-electron chi connectivity index (χ4n) is 3.81. The quantitative estimate of drug-likeness (QED) is 0.854. The Balaban J connectivity index is 1.79. The maximum Gasteiger partial charge on any atom is 0.248 e. The summed E-state index contributed by atoms with van der Waals surface area (Å²) in [6, 6.07) is 0.187. The Labute approximate surface area is 126 Å². The minimum atomic E-state index is -0.687. The number of carbonyl (C=O) groups is 2. The molecule has 2 atom stereocenters. The summed E-state index contributed by atoms with van der Waals surface area (Å²) in [5.41, 5.74) is -0.687. The number of hydrogen-bond donors (Lipinski definition) is 1. The predicted molar refractivity (Wildman–Crippen MR) is 78.6 cm³/mol. The third kappa shape index (κ3) is 2.80. The summed E-state index contributed by atoms with van der Waals surface area (Å²) in [5, 5.41) is 3.00. The molecule has 2 heterocycles. The second-order valence-electron chi connectivity index (χ2n) is 6.96. The summed E-state index contributed by atoms with van der Waals surface area (Å²) in [6.45, 7) is 6.17. The number of hydrogen-bond acceptors (Lipinski definition) is 3. The maximum atomic E-state index is 13.1. The lowest BCUT2D eigenvalue weighted by molar-refractivity contribution is -0.142. The lowest BCUT2D eigenvalue weighted by Crippen LogP contribution is -2.59. The van der Waals surface area contributed by atoms with Crippen molar-refractivity contribution in [2.24, 2.45) is 11.8 Å². The van der Waals surface area contributed by atoms with Gasteiger partial charge in [-0.2, -0.15) is 0 Å². The molecule has 3 rings (SSSR count). The van der Waals surface area contributed by atoms with E-state index >= 15 is 0 Å². The number of amides is 2. The van der Waals surface area contributed by atoms with Gasteiger partial charge in [0.25, 0.3) is 0 Å². The molecule has 5 heteroatoms. The van der Waals surface area contributed by atoms with E-state index in [0.717, 1.165) is 38.9 Å². The molecule has 1 aliphatic carbocycles. The van der Waals surface area contributed by atoms with E-state index in [1.807, 2.05) is 11.8 Å². The second-order valence-corrected chi connectivity index (χ2v) is 6.96. The summed E-state index contributed by atoms with van der Waals surface area (Å²) in [5.74, 6) is 0.935. The molecule has 5 nitrogen and oxygen atoms in total. The van der Waals surface area contributed by atoms with Crippen molar-refractivity contribution in [2.75, 3.05) is 19.8 Å². The van der Waals surface area contributed by atoms with E-state index < -0.39 is 5.54 Å². The van der Waals surface area contributed by atoms with Crippen LogP contribution in [-0.4, -0.2) is 48.1 Å². The van der Waals surface area contributed by atoms with E-state index in [1.54, 1.807) is 0 Å². The molecule has 2 amide bonds. The van der Waals surface area contributed by atoms with Crippen molar-refractivity contribution in [1.82, 2.24) is 10.2 Å². The van der Waals surface area contributed by atoms with Gasteiger partial charge in [0.05, 0.1) is 0 Å². The average molecular weight is 294 g/mol. The summed E-state index contributed by atoms with van der Waals surface area (Å²) in [4.78, 5) is 27.0. The smallest absolute Gasteiger partial charge is 0.248 e. The summed E-state index contributed by atoms with van der Waals surface area (Å²) < 4.78 is 5.43. The Morgan fingerprint density at radius 2 is 1.90 bits per heavy atom. The molecular formula is C16H26N2O3. The Morgan fingerprint density at radius 1 is 1.24 bits per heavy atom. The molecule has 2 aliphatic heterocycles. The van der Waals surface area contributed by atoms with Crippen LogP contribution in [0.15, 0.2) is 0 Å². The topological polar surface area (TPSA) is 58.6 Å². The van der Waals surface area contributed by atoms with Crippen molar-refractivity contribution < 1.29 is 14.3 Å². The largest absolute Gasteiger partial charge is 0.381 e. The normalized spacial score (nSPS) is 33.5. The monoisotopic (exact) mass is 294 g/mol. The molecule has 0 spiro atoms. The van der Waals surface area contributed by atoms with E-state index in [9.17, 15) is 9.59 Å². The maximum absolute atomic E-state index is 13.1. The Morgan fingerprint density at radius 3 is 2.52 bits per heavy atom. The van der Waals surface area contributed by atoms with Gasteiger partial charge in [-0.25, -0.2) is 0 Å². The first-order chi connectivity index (χ1) is 10.0. The van der Waals surface area contributed by atoms with Crippen LogP contribution in [0.4, 0.5) is 0 Å². The Bertz CT molecular complexity index is 429. The molecular weight excluding hydrogens is 268 g/mol. The SMILES string of the molecule is CC(C1CCOCC1)N1CCC(=O)NC(C)(C2CC2)C1=O. The average Bonchev–Trinajstić information content (AvgIpc) is 3.32. The highest BCUT2D eigenvalue weighted by molar-refractivity contribution is 5.94. The molecule has 3 fully saturated rings. The Hall–Kier alpha value is -1.10. The van der Waals surface area contributed by atoms with Crippen LogP contribution in [0.25, 0.3) is 0 Å². The van der Waals surface area contributed by atoms with Crippen LogP contribution in [0, 0.1) is 11.8 Å². The van der Waals surface area contributed by atoms with Crippen molar-refractivity contribution in [3.05, 3.63) is 0 Å². The molecule has 0 radical (unpaired) electrons. The number of ether oxygens (including phenoxy) is 1. The lowest BCUT2D eigenvalue weighted by Gasteiger charge is -2.39. The van der Waals surface area contributed by atoms with Gasteiger partial charge in [0.15, 0.2) is 0 Å². The van der Waals surface area contributed by atoms with Crippen LogP contribution in [0.2, 0.25) is 0 Å². The van der Waals surface area contributed by atoms with E-state index in [-0.39, 0.29) is 17.9 Å². The molecule has 0 aromatic carbocycles. The molecule has 2 saturated heterocycles. The van der Waals surface area contributed by atoms with Gasteiger partial charge in [0.1, 0.15) is 5.54 Å². The lowest BCUT2D eigenvalue weighted by atomic mass is 9.89. The number of nitrogens with zero attached hydrogens (tertiary/aromatic N) is 1. The van der Waals surface area contributed by atoms with Crippen molar-refractivity contribution in [2.45, 2.75) is 57.5 Å². The van der Waals surface area contributed by atoms with Crippen LogP contribution >= 0.6 is 0 Å². The molecule has 21 heavy (non-hydrogen) atoms. The molecule has 118 valence electrons.